The Morgan fingerprint density at radius 1 is 1.10 bits per heavy atom. The van der Waals surface area contributed by atoms with Gasteiger partial charge in [-0.05, 0) is 54.0 Å². The first kappa shape index (κ1) is 15.7. The summed E-state index contributed by atoms with van der Waals surface area (Å²) in [6.45, 7) is 0.563. The molecule has 0 atom stereocenters. The summed E-state index contributed by atoms with van der Waals surface area (Å²) in [4.78, 5) is 1.71. The van der Waals surface area contributed by atoms with Crippen LogP contribution in [0.15, 0.2) is 16.6 Å². The molecule has 1 aliphatic rings. The summed E-state index contributed by atoms with van der Waals surface area (Å²) in [5.74, 6) is -2.43. The highest BCUT2D eigenvalue weighted by molar-refractivity contribution is 9.10. The topological polar surface area (TPSA) is 3.24 Å². The molecule has 1 aromatic carbocycles. The largest absolute Gasteiger partial charge is 0.391 e. The summed E-state index contributed by atoms with van der Waals surface area (Å²) in [7, 11) is 0. The predicted molar refractivity (Wildman–Crippen MR) is 68.1 cm³/mol. The Kier molecular flexibility index (Phi) is 4.69. The predicted octanol–water partition coefficient (Wildman–Crippen LogP) is 4.50. The molecule has 112 valence electrons. The molecule has 0 radical (unpaired) electrons. The number of likely N-dealkylation sites (tertiary alicyclic amines) is 1. The summed E-state index contributed by atoms with van der Waals surface area (Å²) in [5, 5.41) is 0. The maximum Gasteiger partial charge on any atom is 0.391 e. The molecule has 1 heterocycles. The molecule has 1 nitrogen and oxygen atoms in total. The van der Waals surface area contributed by atoms with Crippen molar-refractivity contribution in [1.29, 1.82) is 0 Å². The number of nitrogens with zero attached hydrogens (tertiary/aromatic N) is 1. The third kappa shape index (κ3) is 3.49. The maximum atomic E-state index is 13.6. The molecule has 1 fully saturated rings. The Morgan fingerprint density at radius 2 is 1.65 bits per heavy atom. The molecule has 1 saturated heterocycles. The van der Waals surface area contributed by atoms with Gasteiger partial charge in [-0.15, -0.1) is 0 Å². The Hall–Kier alpha value is -0.690. The highest BCUT2D eigenvalue weighted by Crippen LogP contribution is 2.35. The van der Waals surface area contributed by atoms with E-state index >= 15 is 0 Å². The van der Waals surface area contributed by atoms with E-state index in [2.05, 4.69) is 15.9 Å². The lowest BCUT2D eigenvalue weighted by Gasteiger charge is -2.33. The van der Waals surface area contributed by atoms with Crippen LogP contribution in [0.5, 0.6) is 0 Å². The molecular weight excluding hydrogens is 345 g/mol. The van der Waals surface area contributed by atoms with Gasteiger partial charge < -0.3 is 0 Å². The smallest absolute Gasteiger partial charge is 0.299 e. The van der Waals surface area contributed by atoms with Crippen molar-refractivity contribution < 1.29 is 22.0 Å². The van der Waals surface area contributed by atoms with E-state index < -0.39 is 23.7 Å². The first-order valence-electron chi connectivity index (χ1n) is 6.20. The number of halogens is 6. The van der Waals surface area contributed by atoms with Crippen LogP contribution in [0.3, 0.4) is 0 Å². The number of hydrogen-bond donors (Lipinski definition) is 0. The molecule has 0 amide bonds. The lowest BCUT2D eigenvalue weighted by molar-refractivity contribution is -0.185. The second-order valence-corrected chi connectivity index (χ2v) is 5.71. The second-order valence-electron chi connectivity index (χ2n) is 4.91. The van der Waals surface area contributed by atoms with Gasteiger partial charge >= 0.3 is 6.18 Å². The van der Waals surface area contributed by atoms with Crippen LogP contribution in [0.1, 0.15) is 18.4 Å². The lowest BCUT2D eigenvalue weighted by atomic mass is 9.96. The van der Waals surface area contributed by atoms with Crippen LogP contribution in [0.25, 0.3) is 0 Å². The molecule has 0 bridgehead atoms. The highest BCUT2D eigenvalue weighted by Gasteiger charge is 2.41. The molecule has 0 aliphatic carbocycles. The van der Waals surface area contributed by atoms with E-state index in [1.54, 1.807) is 4.90 Å². The summed E-state index contributed by atoms with van der Waals surface area (Å²) in [6.07, 6.45) is -4.17. The fourth-order valence-electron chi connectivity index (χ4n) is 2.36. The van der Waals surface area contributed by atoms with Crippen LogP contribution < -0.4 is 0 Å². The SMILES string of the molecule is Fc1ccc(F)c(CN2CCC(C(F)(F)F)CC2)c1Br. The van der Waals surface area contributed by atoms with E-state index in [-0.39, 0.29) is 42.5 Å². The maximum absolute atomic E-state index is 13.6. The van der Waals surface area contributed by atoms with E-state index in [1.807, 2.05) is 0 Å². The van der Waals surface area contributed by atoms with Crippen LogP contribution in [0, 0.1) is 17.6 Å². The quantitative estimate of drug-likeness (QED) is 0.556. The van der Waals surface area contributed by atoms with Crippen molar-refractivity contribution >= 4 is 15.9 Å². The van der Waals surface area contributed by atoms with Gasteiger partial charge in [-0.2, -0.15) is 13.2 Å². The Morgan fingerprint density at radius 3 is 2.20 bits per heavy atom. The average Bonchev–Trinajstić information content (AvgIpc) is 2.39. The van der Waals surface area contributed by atoms with Crippen molar-refractivity contribution in [1.82, 2.24) is 4.90 Å². The van der Waals surface area contributed by atoms with Gasteiger partial charge in [-0.1, -0.05) is 0 Å². The number of benzene rings is 1. The van der Waals surface area contributed by atoms with Crippen LogP contribution in [-0.2, 0) is 6.54 Å². The van der Waals surface area contributed by atoms with Crippen molar-refractivity contribution in [3.05, 3.63) is 33.8 Å². The zero-order valence-corrected chi connectivity index (χ0v) is 12.1. The van der Waals surface area contributed by atoms with Crippen LogP contribution in [0.4, 0.5) is 22.0 Å². The molecule has 0 spiro atoms. The number of piperidine rings is 1. The zero-order valence-electron chi connectivity index (χ0n) is 10.5. The minimum absolute atomic E-state index is 0.00193. The molecule has 20 heavy (non-hydrogen) atoms. The van der Waals surface area contributed by atoms with E-state index in [1.165, 1.54) is 0 Å². The van der Waals surface area contributed by atoms with Crippen molar-refractivity contribution in [3.8, 4) is 0 Å². The molecule has 0 saturated carbocycles. The third-order valence-corrected chi connectivity index (χ3v) is 4.43. The molecule has 0 unspecified atom stereocenters. The number of alkyl halides is 3. The minimum atomic E-state index is -4.17. The van der Waals surface area contributed by atoms with Gasteiger partial charge in [0.25, 0.3) is 0 Å². The Bertz CT molecular complexity index is 480. The van der Waals surface area contributed by atoms with E-state index in [0.717, 1.165) is 12.1 Å². The van der Waals surface area contributed by atoms with Gasteiger partial charge in [-0.3, -0.25) is 4.90 Å². The van der Waals surface area contributed by atoms with E-state index in [4.69, 9.17) is 0 Å². The van der Waals surface area contributed by atoms with Crippen molar-refractivity contribution in [2.24, 2.45) is 5.92 Å². The molecule has 1 aromatic rings. The Labute approximate surface area is 121 Å². The minimum Gasteiger partial charge on any atom is -0.299 e. The summed E-state index contributed by atoms with van der Waals surface area (Å²) >= 11 is 2.98. The van der Waals surface area contributed by atoms with Crippen molar-refractivity contribution in [3.63, 3.8) is 0 Å². The lowest BCUT2D eigenvalue weighted by Crippen LogP contribution is -2.38. The van der Waals surface area contributed by atoms with Gasteiger partial charge in [0.05, 0.1) is 10.4 Å². The summed E-state index contributed by atoms with van der Waals surface area (Å²) in [5.41, 5.74) is 0.149. The molecule has 1 aliphatic heterocycles. The van der Waals surface area contributed by atoms with E-state index in [0.29, 0.717) is 0 Å². The molecule has 2 rings (SSSR count). The van der Waals surface area contributed by atoms with Gasteiger partial charge in [0, 0.05) is 12.1 Å². The Balaban J connectivity index is 2.02. The van der Waals surface area contributed by atoms with Crippen LogP contribution >= 0.6 is 15.9 Å². The van der Waals surface area contributed by atoms with Gasteiger partial charge in [0.1, 0.15) is 11.6 Å². The summed E-state index contributed by atoms with van der Waals surface area (Å²) < 4.78 is 64.7. The summed E-state index contributed by atoms with van der Waals surface area (Å²) in [6, 6.07) is 2.04. The van der Waals surface area contributed by atoms with Gasteiger partial charge in [0.2, 0.25) is 0 Å². The van der Waals surface area contributed by atoms with Crippen LogP contribution in [-0.4, -0.2) is 24.2 Å². The molecular formula is C13H13BrF5N. The van der Waals surface area contributed by atoms with Crippen molar-refractivity contribution in [2.75, 3.05) is 13.1 Å². The molecule has 0 N–H and O–H groups in total. The standard InChI is InChI=1S/C13H13BrF5N/c14-12-9(10(15)1-2-11(12)16)7-20-5-3-8(4-6-20)13(17,18)19/h1-2,8H,3-7H2. The fourth-order valence-corrected chi connectivity index (χ4v) is 2.80. The van der Waals surface area contributed by atoms with Crippen molar-refractivity contribution in [2.45, 2.75) is 25.6 Å². The molecule has 0 aromatic heterocycles. The third-order valence-electron chi connectivity index (χ3n) is 3.57. The van der Waals surface area contributed by atoms with Gasteiger partial charge in [0.15, 0.2) is 0 Å². The first-order chi connectivity index (χ1) is 9.29. The van der Waals surface area contributed by atoms with Gasteiger partial charge in [-0.25, -0.2) is 8.78 Å². The van der Waals surface area contributed by atoms with E-state index in [9.17, 15) is 22.0 Å². The monoisotopic (exact) mass is 357 g/mol. The molecule has 7 heteroatoms. The normalized spacial score (nSPS) is 18.5. The fraction of sp³-hybridized carbons (Fsp3) is 0.538. The number of hydrogen-bond acceptors (Lipinski definition) is 1. The number of rotatable bonds is 2. The average molecular weight is 358 g/mol. The first-order valence-corrected chi connectivity index (χ1v) is 6.99. The highest BCUT2D eigenvalue weighted by atomic mass is 79.9. The second kappa shape index (κ2) is 5.97. The zero-order chi connectivity index (χ0) is 14.9. The van der Waals surface area contributed by atoms with Crippen LogP contribution in [0.2, 0.25) is 0 Å².